The van der Waals surface area contributed by atoms with Crippen molar-refractivity contribution < 1.29 is 18.1 Å². The maximum atomic E-state index is 12.2. The highest BCUT2D eigenvalue weighted by molar-refractivity contribution is 7.89. The molecule has 0 aliphatic carbocycles. The highest BCUT2D eigenvalue weighted by Gasteiger charge is 2.22. The zero-order valence-corrected chi connectivity index (χ0v) is 14.3. The Labute approximate surface area is 141 Å². The second-order valence-electron chi connectivity index (χ2n) is 5.14. The van der Waals surface area contributed by atoms with E-state index in [1.54, 1.807) is 0 Å². The van der Waals surface area contributed by atoms with Crippen molar-refractivity contribution in [1.29, 1.82) is 0 Å². The number of nitrogens with zero attached hydrogens (tertiary/aromatic N) is 1. The van der Waals surface area contributed by atoms with Gasteiger partial charge in [-0.25, -0.2) is 13.1 Å². The van der Waals surface area contributed by atoms with Crippen molar-refractivity contribution in [2.75, 3.05) is 26.7 Å². The molecule has 1 atom stereocenters. The zero-order valence-electron chi connectivity index (χ0n) is 12.6. The maximum absolute atomic E-state index is 12.2. The Balaban J connectivity index is 0.00000264. The molecule has 0 radical (unpaired) electrons. The first kappa shape index (κ1) is 19.6. The normalized spacial score (nSPS) is 17.5. The van der Waals surface area contributed by atoms with Crippen LogP contribution in [0.4, 0.5) is 5.69 Å². The Morgan fingerprint density at radius 3 is 2.78 bits per heavy atom. The lowest BCUT2D eigenvalue weighted by atomic mass is 10.1. The lowest BCUT2D eigenvalue weighted by molar-refractivity contribution is -0.386. The summed E-state index contributed by atoms with van der Waals surface area (Å²) in [6.45, 7) is 2.17. The fourth-order valence-electron chi connectivity index (χ4n) is 2.42. The van der Waals surface area contributed by atoms with Gasteiger partial charge < -0.3 is 10.1 Å². The van der Waals surface area contributed by atoms with E-state index in [9.17, 15) is 18.5 Å². The van der Waals surface area contributed by atoms with Crippen LogP contribution < -0.4 is 14.8 Å². The van der Waals surface area contributed by atoms with E-state index in [-0.39, 0.29) is 28.7 Å². The van der Waals surface area contributed by atoms with E-state index in [0.717, 1.165) is 32.0 Å². The molecule has 1 fully saturated rings. The molecule has 2 N–H and O–H groups in total. The summed E-state index contributed by atoms with van der Waals surface area (Å²) in [5, 5.41) is 14.2. The average molecular weight is 366 g/mol. The zero-order chi connectivity index (χ0) is 16.2. The lowest BCUT2D eigenvalue weighted by Gasteiger charge is -2.10. The largest absolute Gasteiger partial charge is 0.490 e. The fraction of sp³-hybridized carbons (Fsp3) is 0.538. The third-order valence-electron chi connectivity index (χ3n) is 3.66. The molecule has 0 saturated carbocycles. The van der Waals surface area contributed by atoms with Crippen LogP contribution in [0.1, 0.15) is 12.8 Å². The first-order valence-corrected chi connectivity index (χ1v) is 8.45. The maximum Gasteiger partial charge on any atom is 0.312 e. The summed E-state index contributed by atoms with van der Waals surface area (Å²) in [6, 6.07) is 3.59. The SMILES string of the molecule is COc1ccc(S(=O)(=O)NCCC2CCNC2)cc1[N+](=O)[O-].Cl. The number of nitrogens with one attached hydrogen (secondary N) is 2. The van der Waals surface area contributed by atoms with Gasteiger partial charge in [-0.15, -0.1) is 12.4 Å². The van der Waals surface area contributed by atoms with Crippen molar-refractivity contribution in [1.82, 2.24) is 10.0 Å². The highest BCUT2D eigenvalue weighted by atomic mass is 35.5. The number of nitro groups is 1. The topological polar surface area (TPSA) is 111 Å². The molecule has 0 aromatic heterocycles. The summed E-state index contributed by atoms with van der Waals surface area (Å²) in [5.41, 5.74) is -0.370. The van der Waals surface area contributed by atoms with Crippen molar-refractivity contribution >= 4 is 28.1 Å². The van der Waals surface area contributed by atoms with E-state index in [4.69, 9.17) is 4.74 Å². The number of halogens is 1. The standard InChI is InChI=1S/C13H19N3O5S.ClH/c1-21-13-3-2-11(8-12(13)16(17)18)22(19,20)15-7-5-10-4-6-14-9-10;/h2-3,8,10,14-15H,4-7,9H2,1H3;1H. The van der Waals surface area contributed by atoms with E-state index >= 15 is 0 Å². The van der Waals surface area contributed by atoms with E-state index in [1.165, 1.54) is 19.2 Å². The Morgan fingerprint density at radius 2 is 2.22 bits per heavy atom. The minimum atomic E-state index is -3.76. The predicted molar refractivity (Wildman–Crippen MR) is 87.7 cm³/mol. The molecule has 1 aromatic carbocycles. The van der Waals surface area contributed by atoms with Gasteiger partial charge in [-0.3, -0.25) is 10.1 Å². The van der Waals surface area contributed by atoms with Gasteiger partial charge in [0.05, 0.1) is 16.9 Å². The van der Waals surface area contributed by atoms with Gasteiger partial charge in [0.15, 0.2) is 5.75 Å². The van der Waals surface area contributed by atoms with E-state index in [1.807, 2.05) is 0 Å². The van der Waals surface area contributed by atoms with Crippen molar-refractivity contribution in [3.05, 3.63) is 28.3 Å². The van der Waals surface area contributed by atoms with Crippen LogP contribution in [0.5, 0.6) is 5.75 Å². The average Bonchev–Trinajstić information content (AvgIpc) is 2.99. The molecule has 130 valence electrons. The van der Waals surface area contributed by atoms with Crippen molar-refractivity contribution in [3.8, 4) is 5.75 Å². The quantitative estimate of drug-likeness (QED) is 0.556. The van der Waals surface area contributed by atoms with Crippen LogP contribution in [0, 0.1) is 16.0 Å². The Bertz CT molecular complexity index is 647. The molecular weight excluding hydrogens is 346 g/mol. The fourth-order valence-corrected chi connectivity index (χ4v) is 3.49. The van der Waals surface area contributed by atoms with Gasteiger partial charge in [-0.1, -0.05) is 0 Å². The summed E-state index contributed by atoms with van der Waals surface area (Å²) in [5.74, 6) is 0.494. The molecule has 1 unspecified atom stereocenters. The second-order valence-corrected chi connectivity index (χ2v) is 6.90. The number of rotatable bonds is 7. The number of nitro benzene ring substituents is 1. The molecule has 1 aromatic rings. The number of ether oxygens (including phenoxy) is 1. The van der Waals surface area contributed by atoms with Crippen molar-refractivity contribution in [2.45, 2.75) is 17.7 Å². The van der Waals surface area contributed by atoms with Gasteiger partial charge in [0.1, 0.15) is 0 Å². The third-order valence-corrected chi connectivity index (χ3v) is 5.12. The third kappa shape index (κ3) is 5.03. The van der Waals surface area contributed by atoms with Gasteiger partial charge in [0, 0.05) is 12.6 Å². The molecule has 1 heterocycles. The first-order valence-electron chi connectivity index (χ1n) is 6.97. The molecule has 23 heavy (non-hydrogen) atoms. The number of benzene rings is 1. The molecule has 8 nitrogen and oxygen atoms in total. The van der Waals surface area contributed by atoms with Crippen LogP contribution in [-0.2, 0) is 10.0 Å². The lowest BCUT2D eigenvalue weighted by Crippen LogP contribution is -2.26. The van der Waals surface area contributed by atoms with E-state index < -0.39 is 14.9 Å². The van der Waals surface area contributed by atoms with Crippen LogP contribution in [0.15, 0.2) is 23.1 Å². The second kappa shape index (κ2) is 8.44. The summed E-state index contributed by atoms with van der Waals surface area (Å²) in [4.78, 5) is 10.2. The van der Waals surface area contributed by atoms with Crippen LogP contribution in [0.3, 0.4) is 0 Å². The molecule has 0 bridgehead atoms. The van der Waals surface area contributed by atoms with Gasteiger partial charge in [-0.05, 0) is 44.0 Å². The minimum Gasteiger partial charge on any atom is -0.490 e. The van der Waals surface area contributed by atoms with Crippen LogP contribution in [-0.4, -0.2) is 40.1 Å². The first-order chi connectivity index (χ1) is 10.4. The molecule has 2 rings (SSSR count). The monoisotopic (exact) mass is 365 g/mol. The predicted octanol–water partition coefficient (Wildman–Crippen LogP) is 1.30. The number of hydrogen-bond acceptors (Lipinski definition) is 6. The highest BCUT2D eigenvalue weighted by Crippen LogP contribution is 2.29. The summed E-state index contributed by atoms with van der Waals surface area (Å²) < 4.78 is 31.7. The molecule has 1 aliphatic rings. The number of hydrogen-bond donors (Lipinski definition) is 2. The van der Waals surface area contributed by atoms with Gasteiger partial charge in [-0.2, -0.15) is 0 Å². The molecule has 0 amide bonds. The van der Waals surface area contributed by atoms with Crippen molar-refractivity contribution in [2.24, 2.45) is 5.92 Å². The number of sulfonamides is 1. The van der Waals surface area contributed by atoms with Gasteiger partial charge in [0.25, 0.3) is 0 Å². The number of methoxy groups -OCH3 is 1. The molecule has 10 heteroatoms. The van der Waals surface area contributed by atoms with Crippen LogP contribution in [0.25, 0.3) is 0 Å². The van der Waals surface area contributed by atoms with E-state index in [0.29, 0.717) is 12.5 Å². The van der Waals surface area contributed by atoms with Crippen LogP contribution >= 0.6 is 12.4 Å². The Morgan fingerprint density at radius 1 is 1.48 bits per heavy atom. The summed E-state index contributed by atoms with van der Waals surface area (Å²) >= 11 is 0. The molecular formula is C13H20ClN3O5S. The smallest absolute Gasteiger partial charge is 0.312 e. The summed E-state index contributed by atoms with van der Waals surface area (Å²) in [7, 11) is -2.47. The summed E-state index contributed by atoms with van der Waals surface area (Å²) in [6.07, 6.45) is 1.78. The van der Waals surface area contributed by atoms with Crippen LogP contribution in [0.2, 0.25) is 0 Å². The van der Waals surface area contributed by atoms with E-state index in [2.05, 4.69) is 10.0 Å². The Hall–Kier alpha value is -1.42. The van der Waals surface area contributed by atoms with Gasteiger partial charge >= 0.3 is 5.69 Å². The van der Waals surface area contributed by atoms with Crippen molar-refractivity contribution in [3.63, 3.8) is 0 Å². The molecule has 1 aliphatic heterocycles. The molecule has 0 spiro atoms. The molecule has 1 saturated heterocycles. The Kier molecular flexibility index (Phi) is 7.20. The minimum absolute atomic E-state index is 0. The van der Waals surface area contributed by atoms with Gasteiger partial charge in [0.2, 0.25) is 10.0 Å².